The van der Waals surface area contributed by atoms with E-state index in [0.717, 1.165) is 44.9 Å². The van der Waals surface area contributed by atoms with E-state index < -0.39 is 0 Å². The molecule has 0 aromatic carbocycles. The smallest absolute Gasteiger partial charge is 0.126 e. The Hall–Kier alpha value is -1.40. The van der Waals surface area contributed by atoms with Crippen molar-refractivity contribution in [3.8, 4) is 0 Å². The first kappa shape index (κ1) is 17.4. The lowest BCUT2D eigenvalue weighted by Gasteiger charge is -2.41. The summed E-state index contributed by atoms with van der Waals surface area (Å²) in [4.78, 5) is 5.00. The minimum atomic E-state index is 0.250. The molecule has 2 aromatic rings. The molecule has 130 valence electrons. The lowest BCUT2D eigenvalue weighted by atomic mass is 10.1. The topological polar surface area (TPSA) is 39.9 Å². The zero-order valence-electron chi connectivity index (χ0n) is 14.2. The third kappa shape index (κ3) is 4.80. The molecule has 1 aliphatic heterocycles. The number of aliphatic hydroxyl groups excluding tert-OH is 1. The van der Waals surface area contributed by atoms with Crippen molar-refractivity contribution >= 4 is 17.4 Å². The van der Waals surface area contributed by atoms with E-state index in [2.05, 4.69) is 39.6 Å². The number of thiophene rings is 1. The predicted octanol–water partition coefficient (Wildman–Crippen LogP) is 3.31. The summed E-state index contributed by atoms with van der Waals surface area (Å²) in [6, 6.07) is 6.51. The van der Waals surface area contributed by atoms with Gasteiger partial charge in [0.05, 0.1) is 6.26 Å². The lowest BCUT2D eigenvalue weighted by molar-refractivity contribution is 0.0586. The van der Waals surface area contributed by atoms with E-state index in [0.29, 0.717) is 6.04 Å². The maximum Gasteiger partial charge on any atom is 0.126 e. The van der Waals surface area contributed by atoms with E-state index in [1.54, 1.807) is 17.6 Å². The molecule has 1 saturated heterocycles. The normalized spacial score (nSPS) is 20.6. The summed E-state index contributed by atoms with van der Waals surface area (Å²) < 4.78 is 5.39. The zero-order chi connectivity index (χ0) is 16.8. The van der Waals surface area contributed by atoms with E-state index in [9.17, 15) is 5.11 Å². The van der Waals surface area contributed by atoms with Crippen molar-refractivity contribution in [3.05, 3.63) is 52.1 Å². The molecule has 1 fully saturated rings. The highest BCUT2D eigenvalue weighted by atomic mass is 32.1. The van der Waals surface area contributed by atoms with Crippen LogP contribution in [-0.4, -0.2) is 53.7 Å². The summed E-state index contributed by atoms with van der Waals surface area (Å²) in [6.07, 6.45) is 4.65. The van der Waals surface area contributed by atoms with Crippen LogP contribution in [0.15, 0.2) is 45.2 Å². The first-order chi connectivity index (χ1) is 11.7. The summed E-state index contributed by atoms with van der Waals surface area (Å²) >= 11 is 1.75. The van der Waals surface area contributed by atoms with Gasteiger partial charge in [-0.2, -0.15) is 11.3 Å². The Morgan fingerprint density at radius 3 is 3.04 bits per heavy atom. The van der Waals surface area contributed by atoms with Gasteiger partial charge in [-0.15, -0.1) is 0 Å². The third-order valence-corrected chi connectivity index (χ3v) is 5.25. The van der Waals surface area contributed by atoms with Crippen molar-refractivity contribution in [3.63, 3.8) is 0 Å². The van der Waals surface area contributed by atoms with Crippen molar-refractivity contribution in [2.75, 3.05) is 32.8 Å². The van der Waals surface area contributed by atoms with Crippen LogP contribution in [0.1, 0.15) is 24.7 Å². The molecule has 3 rings (SSSR count). The molecule has 0 aliphatic carbocycles. The van der Waals surface area contributed by atoms with Crippen LogP contribution in [-0.2, 0) is 6.54 Å². The number of nitrogens with zero attached hydrogens (tertiary/aromatic N) is 2. The second-order valence-electron chi connectivity index (χ2n) is 6.51. The fourth-order valence-electron chi connectivity index (χ4n) is 3.36. The molecule has 1 aliphatic rings. The van der Waals surface area contributed by atoms with Gasteiger partial charge in [-0.05, 0) is 53.9 Å². The second kappa shape index (κ2) is 8.62. The molecule has 0 spiro atoms. The quantitative estimate of drug-likeness (QED) is 0.835. The first-order valence-corrected chi connectivity index (χ1v) is 9.48. The second-order valence-corrected chi connectivity index (χ2v) is 7.29. The maximum atomic E-state index is 9.43. The highest BCUT2D eigenvalue weighted by Gasteiger charge is 2.26. The minimum absolute atomic E-state index is 0.250. The Balaban J connectivity index is 1.57. The standard InChI is InChI=1S/C19H26N2O2S/c1-16(11-19-3-2-9-23-19)12-20-6-7-21(18(14-20)4-8-22)13-17-5-10-24-15-17/h2-3,5,9-11,15,18,22H,4,6-8,12-14H2,1H3/b16-11+. The summed E-state index contributed by atoms with van der Waals surface area (Å²) in [5, 5.41) is 13.8. The number of piperazine rings is 1. The molecule has 1 unspecified atom stereocenters. The van der Waals surface area contributed by atoms with Gasteiger partial charge in [0, 0.05) is 45.4 Å². The molecular weight excluding hydrogens is 320 g/mol. The fourth-order valence-corrected chi connectivity index (χ4v) is 4.02. The largest absolute Gasteiger partial charge is 0.465 e. The van der Waals surface area contributed by atoms with Crippen molar-refractivity contribution < 1.29 is 9.52 Å². The highest BCUT2D eigenvalue weighted by molar-refractivity contribution is 7.07. The molecule has 0 amide bonds. The Kier molecular flexibility index (Phi) is 6.26. The van der Waals surface area contributed by atoms with E-state index >= 15 is 0 Å². The average molecular weight is 346 g/mol. The number of hydrogen-bond donors (Lipinski definition) is 1. The summed E-state index contributed by atoms with van der Waals surface area (Å²) in [6.45, 7) is 7.47. The Bertz CT molecular complexity index is 622. The number of rotatable bonds is 7. The summed E-state index contributed by atoms with van der Waals surface area (Å²) in [7, 11) is 0. The highest BCUT2D eigenvalue weighted by Crippen LogP contribution is 2.19. The minimum Gasteiger partial charge on any atom is -0.465 e. The van der Waals surface area contributed by atoms with Crippen molar-refractivity contribution in [2.45, 2.75) is 25.9 Å². The molecule has 4 nitrogen and oxygen atoms in total. The zero-order valence-corrected chi connectivity index (χ0v) is 15.0. The van der Waals surface area contributed by atoms with Gasteiger partial charge in [0.15, 0.2) is 0 Å². The molecule has 1 atom stereocenters. The number of aliphatic hydroxyl groups is 1. The van der Waals surface area contributed by atoms with Gasteiger partial charge in [0.1, 0.15) is 5.76 Å². The Morgan fingerprint density at radius 1 is 1.42 bits per heavy atom. The first-order valence-electron chi connectivity index (χ1n) is 8.53. The molecule has 24 heavy (non-hydrogen) atoms. The van der Waals surface area contributed by atoms with Crippen LogP contribution in [0.2, 0.25) is 0 Å². The Labute approximate surface area is 148 Å². The lowest BCUT2D eigenvalue weighted by Crippen LogP contribution is -2.53. The van der Waals surface area contributed by atoms with Gasteiger partial charge in [-0.1, -0.05) is 5.57 Å². The fraction of sp³-hybridized carbons (Fsp3) is 0.474. The van der Waals surface area contributed by atoms with E-state index in [4.69, 9.17) is 4.42 Å². The van der Waals surface area contributed by atoms with Gasteiger partial charge in [0.2, 0.25) is 0 Å². The summed E-state index contributed by atoms with van der Waals surface area (Å²) in [5.74, 6) is 0.913. The molecule has 0 saturated carbocycles. The van der Waals surface area contributed by atoms with Gasteiger partial charge < -0.3 is 9.52 Å². The van der Waals surface area contributed by atoms with Crippen molar-refractivity contribution in [1.29, 1.82) is 0 Å². The van der Waals surface area contributed by atoms with Gasteiger partial charge >= 0.3 is 0 Å². The van der Waals surface area contributed by atoms with Crippen LogP contribution in [0.3, 0.4) is 0 Å². The molecule has 1 N–H and O–H groups in total. The van der Waals surface area contributed by atoms with Gasteiger partial charge in [-0.3, -0.25) is 9.80 Å². The SMILES string of the molecule is C/C(=C\c1ccco1)CN1CCN(Cc2ccsc2)C(CCO)C1. The van der Waals surface area contributed by atoms with Crippen LogP contribution in [0.5, 0.6) is 0 Å². The summed E-state index contributed by atoms with van der Waals surface area (Å²) in [5.41, 5.74) is 2.68. The monoisotopic (exact) mass is 346 g/mol. The van der Waals surface area contributed by atoms with E-state index in [1.165, 1.54) is 11.1 Å². The molecule has 5 heteroatoms. The van der Waals surface area contributed by atoms with Gasteiger partial charge in [0.25, 0.3) is 0 Å². The number of hydrogen-bond acceptors (Lipinski definition) is 5. The number of furan rings is 1. The van der Waals surface area contributed by atoms with Crippen molar-refractivity contribution in [2.24, 2.45) is 0 Å². The van der Waals surface area contributed by atoms with Crippen LogP contribution < -0.4 is 0 Å². The van der Waals surface area contributed by atoms with Crippen LogP contribution in [0.25, 0.3) is 6.08 Å². The van der Waals surface area contributed by atoms with Crippen molar-refractivity contribution in [1.82, 2.24) is 9.80 Å². The van der Waals surface area contributed by atoms with Crippen LogP contribution >= 0.6 is 11.3 Å². The average Bonchev–Trinajstić information content (AvgIpc) is 3.24. The molecule has 3 heterocycles. The molecule has 0 radical (unpaired) electrons. The van der Waals surface area contributed by atoms with E-state index in [-0.39, 0.29) is 6.61 Å². The third-order valence-electron chi connectivity index (χ3n) is 4.52. The van der Waals surface area contributed by atoms with Gasteiger partial charge in [-0.25, -0.2) is 0 Å². The van der Waals surface area contributed by atoms with Crippen LogP contribution in [0.4, 0.5) is 0 Å². The molecular formula is C19H26N2O2S. The maximum absolute atomic E-state index is 9.43. The van der Waals surface area contributed by atoms with Crippen LogP contribution in [0, 0.1) is 0 Å². The van der Waals surface area contributed by atoms with E-state index in [1.807, 2.05) is 12.1 Å². The molecule has 0 bridgehead atoms. The molecule has 2 aromatic heterocycles. The Morgan fingerprint density at radius 2 is 2.33 bits per heavy atom. The predicted molar refractivity (Wildman–Crippen MR) is 99.0 cm³/mol.